The molecule has 1 aliphatic rings. The van der Waals surface area contributed by atoms with E-state index < -0.39 is 5.92 Å². The highest BCUT2D eigenvalue weighted by atomic mass is 19.1. The van der Waals surface area contributed by atoms with E-state index in [0.29, 0.717) is 19.0 Å². The minimum atomic E-state index is -0.410. The molecule has 1 saturated carbocycles. The topological polar surface area (TPSA) is 79.5 Å². The Kier molecular flexibility index (Phi) is 7.70. The van der Waals surface area contributed by atoms with Crippen molar-refractivity contribution in [3.05, 3.63) is 35.6 Å². The van der Waals surface area contributed by atoms with E-state index in [1.165, 1.54) is 31.4 Å². The third-order valence-corrected chi connectivity index (χ3v) is 4.56. The fourth-order valence-electron chi connectivity index (χ4n) is 3.12. The number of nitrogens with zero attached hydrogens (tertiary/aromatic N) is 1. The van der Waals surface area contributed by atoms with Gasteiger partial charge < -0.3 is 16.4 Å². The lowest BCUT2D eigenvalue weighted by atomic mass is 9.96. The highest BCUT2D eigenvalue weighted by molar-refractivity contribution is 5.81. The summed E-state index contributed by atoms with van der Waals surface area (Å²) in [6.07, 6.45) is 6.55. The van der Waals surface area contributed by atoms with Gasteiger partial charge in [0.15, 0.2) is 5.96 Å². The molecular weight excluding hydrogens is 319 g/mol. The zero-order chi connectivity index (χ0) is 18.1. The first-order valence-corrected chi connectivity index (χ1v) is 9.17. The van der Waals surface area contributed by atoms with Gasteiger partial charge in [-0.05, 0) is 43.9 Å². The Morgan fingerprint density at radius 2 is 1.96 bits per heavy atom. The second-order valence-corrected chi connectivity index (χ2v) is 6.63. The summed E-state index contributed by atoms with van der Waals surface area (Å²) in [5.41, 5.74) is 6.42. The highest BCUT2D eigenvalue weighted by Gasteiger charge is 2.18. The number of hydrogen-bond acceptors (Lipinski definition) is 2. The largest absolute Gasteiger partial charge is 0.369 e. The van der Waals surface area contributed by atoms with Gasteiger partial charge in [0.1, 0.15) is 5.82 Å². The molecule has 0 bridgehead atoms. The number of carbonyl (C=O) groups excluding carboxylic acids is 1. The average molecular weight is 348 g/mol. The lowest BCUT2D eigenvalue weighted by Crippen LogP contribution is -2.44. The molecule has 2 rings (SSSR count). The fourth-order valence-corrected chi connectivity index (χ4v) is 3.12. The highest BCUT2D eigenvalue weighted by Crippen LogP contribution is 2.17. The van der Waals surface area contributed by atoms with E-state index in [2.05, 4.69) is 15.6 Å². The molecule has 1 unspecified atom stereocenters. The van der Waals surface area contributed by atoms with Gasteiger partial charge in [0.2, 0.25) is 5.91 Å². The number of hydrogen-bond donors (Lipinski definition) is 3. The van der Waals surface area contributed by atoms with Gasteiger partial charge in [0.05, 0.1) is 12.5 Å². The first-order valence-electron chi connectivity index (χ1n) is 9.17. The number of rotatable bonds is 7. The van der Waals surface area contributed by atoms with Gasteiger partial charge in [-0.15, -0.1) is 0 Å². The van der Waals surface area contributed by atoms with Crippen molar-refractivity contribution in [1.29, 1.82) is 0 Å². The van der Waals surface area contributed by atoms with Crippen LogP contribution in [0.2, 0.25) is 0 Å². The van der Waals surface area contributed by atoms with Crippen LogP contribution < -0.4 is 16.4 Å². The van der Waals surface area contributed by atoms with Crippen LogP contribution in [0.15, 0.2) is 29.3 Å². The maximum atomic E-state index is 13.0. The minimum Gasteiger partial charge on any atom is -0.369 e. The number of carbonyl (C=O) groups is 1. The zero-order valence-electron chi connectivity index (χ0n) is 14.9. The molecule has 1 atom stereocenters. The van der Waals surface area contributed by atoms with Crippen LogP contribution in [0.5, 0.6) is 0 Å². The summed E-state index contributed by atoms with van der Waals surface area (Å²) >= 11 is 0. The van der Waals surface area contributed by atoms with E-state index in [9.17, 15) is 9.18 Å². The Morgan fingerprint density at radius 1 is 1.28 bits per heavy atom. The molecule has 1 fully saturated rings. The van der Waals surface area contributed by atoms with Crippen molar-refractivity contribution < 1.29 is 9.18 Å². The van der Waals surface area contributed by atoms with Crippen molar-refractivity contribution in [2.24, 2.45) is 16.6 Å². The molecule has 1 amide bonds. The van der Waals surface area contributed by atoms with Crippen molar-refractivity contribution in [2.75, 3.05) is 13.1 Å². The van der Waals surface area contributed by atoms with Crippen molar-refractivity contribution in [1.82, 2.24) is 10.6 Å². The quantitative estimate of drug-likeness (QED) is 0.523. The van der Waals surface area contributed by atoms with Gasteiger partial charge in [-0.2, -0.15) is 0 Å². The molecule has 1 aromatic rings. The van der Waals surface area contributed by atoms with E-state index >= 15 is 0 Å². The summed E-state index contributed by atoms with van der Waals surface area (Å²) in [6, 6.07) is 6.59. The Bertz CT molecular complexity index is 567. The molecule has 0 radical (unpaired) electrons. The molecule has 0 aromatic heterocycles. The van der Waals surface area contributed by atoms with E-state index in [1.54, 1.807) is 12.1 Å². The van der Waals surface area contributed by atoms with Gasteiger partial charge in [0.25, 0.3) is 0 Å². The average Bonchev–Trinajstić information content (AvgIpc) is 2.61. The molecular formula is C19H29FN4O. The smallest absolute Gasteiger partial charge is 0.222 e. The molecule has 5 nitrogen and oxygen atoms in total. The number of guanidine groups is 1. The molecule has 25 heavy (non-hydrogen) atoms. The van der Waals surface area contributed by atoms with Crippen LogP contribution in [-0.2, 0) is 11.2 Å². The maximum absolute atomic E-state index is 13.0. The molecule has 0 spiro atoms. The molecule has 138 valence electrons. The minimum absolute atomic E-state index is 0.288. The molecule has 0 aliphatic heterocycles. The summed E-state index contributed by atoms with van der Waals surface area (Å²) in [5.74, 6) is -0.350. The predicted molar refractivity (Wildman–Crippen MR) is 98.8 cm³/mol. The normalized spacial score (nSPS) is 17.1. The second kappa shape index (κ2) is 10.0. The van der Waals surface area contributed by atoms with Crippen molar-refractivity contribution in [3.63, 3.8) is 0 Å². The van der Waals surface area contributed by atoms with Gasteiger partial charge >= 0.3 is 0 Å². The number of aliphatic imine (C=N–C) groups is 1. The van der Waals surface area contributed by atoms with Crippen LogP contribution >= 0.6 is 0 Å². The summed E-state index contributed by atoms with van der Waals surface area (Å²) in [7, 11) is 0. The van der Waals surface area contributed by atoms with E-state index in [1.807, 2.05) is 6.92 Å². The van der Waals surface area contributed by atoms with Crippen molar-refractivity contribution in [3.8, 4) is 0 Å². The van der Waals surface area contributed by atoms with Crippen LogP contribution in [0.1, 0.15) is 44.6 Å². The summed E-state index contributed by atoms with van der Waals surface area (Å²) < 4.78 is 13.0. The SMILES string of the molecule is CCNC(=NCC(Cc1ccc(F)cc1)C(N)=O)NC1CCCCC1. The number of benzene rings is 1. The first-order chi connectivity index (χ1) is 12.1. The predicted octanol–water partition coefficient (Wildman–Crippen LogP) is 2.36. The lowest BCUT2D eigenvalue weighted by Gasteiger charge is -2.25. The van der Waals surface area contributed by atoms with Crippen molar-refractivity contribution >= 4 is 11.9 Å². The number of nitrogens with two attached hydrogens (primary N) is 1. The van der Waals surface area contributed by atoms with Crippen molar-refractivity contribution in [2.45, 2.75) is 51.5 Å². The number of halogens is 1. The monoisotopic (exact) mass is 348 g/mol. The standard InChI is InChI=1S/C19H29FN4O/c1-2-22-19(24-17-6-4-3-5-7-17)23-13-15(18(21)25)12-14-8-10-16(20)11-9-14/h8-11,15,17H,2-7,12-13H2,1H3,(H2,21,25)(H2,22,23,24). The lowest BCUT2D eigenvalue weighted by molar-refractivity contribution is -0.121. The molecule has 1 aromatic carbocycles. The molecule has 0 saturated heterocycles. The van der Waals surface area contributed by atoms with Gasteiger partial charge in [-0.25, -0.2) is 4.39 Å². The summed E-state index contributed by atoms with van der Waals surface area (Å²) in [5, 5.41) is 6.69. The second-order valence-electron chi connectivity index (χ2n) is 6.63. The molecule has 0 heterocycles. The Balaban J connectivity index is 1.97. The van der Waals surface area contributed by atoms with Crippen LogP contribution in [-0.4, -0.2) is 31.0 Å². The number of primary amides is 1. The Labute approximate surface area is 149 Å². The van der Waals surface area contributed by atoms with E-state index in [-0.39, 0.29) is 11.7 Å². The van der Waals surface area contributed by atoms with Crippen LogP contribution in [0.25, 0.3) is 0 Å². The third kappa shape index (κ3) is 6.72. The van der Waals surface area contributed by atoms with Crippen LogP contribution in [0.4, 0.5) is 4.39 Å². The number of amides is 1. The summed E-state index contributed by atoms with van der Waals surface area (Å²) in [6.45, 7) is 3.09. The number of nitrogens with one attached hydrogen (secondary N) is 2. The van der Waals surface area contributed by atoms with Gasteiger partial charge in [-0.1, -0.05) is 31.4 Å². The fraction of sp³-hybridized carbons (Fsp3) is 0.579. The van der Waals surface area contributed by atoms with Gasteiger partial charge in [0, 0.05) is 12.6 Å². The van der Waals surface area contributed by atoms with Crippen LogP contribution in [0, 0.1) is 11.7 Å². The van der Waals surface area contributed by atoms with E-state index in [4.69, 9.17) is 5.73 Å². The first kappa shape index (κ1) is 19.2. The van der Waals surface area contributed by atoms with Gasteiger partial charge in [-0.3, -0.25) is 9.79 Å². The molecule has 4 N–H and O–H groups in total. The third-order valence-electron chi connectivity index (χ3n) is 4.56. The zero-order valence-corrected chi connectivity index (χ0v) is 14.9. The molecule has 1 aliphatic carbocycles. The molecule has 6 heteroatoms. The summed E-state index contributed by atoms with van der Waals surface area (Å²) in [4.78, 5) is 16.3. The maximum Gasteiger partial charge on any atom is 0.222 e. The Hall–Kier alpha value is -2.11. The van der Waals surface area contributed by atoms with E-state index in [0.717, 1.165) is 30.9 Å². The van der Waals surface area contributed by atoms with Crippen LogP contribution in [0.3, 0.4) is 0 Å². The Morgan fingerprint density at radius 3 is 2.56 bits per heavy atom.